The molecule has 0 radical (unpaired) electrons. The number of nitrogens with one attached hydrogen (secondary N) is 1. The van der Waals surface area contributed by atoms with Gasteiger partial charge in [-0.2, -0.15) is 5.10 Å². The number of carbonyl (C=O) groups excluding carboxylic acids is 1. The van der Waals surface area contributed by atoms with Crippen molar-refractivity contribution < 1.29 is 4.79 Å². The fraction of sp³-hybridized carbons (Fsp3) is 0.724. The van der Waals surface area contributed by atoms with Crippen molar-refractivity contribution in [3.63, 3.8) is 0 Å². The number of carbonyl (C=O) groups is 1. The Balaban J connectivity index is 0. The SMILES string of the molecule is CC.CCCC.CCCCNC.Cc1ccc(/C(=N\N(C(N)=O)C(C)C)C2CCCCC2)cc1. The van der Waals surface area contributed by atoms with Gasteiger partial charge in [-0.25, -0.2) is 9.80 Å². The summed E-state index contributed by atoms with van der Waals surface area (Å²) in [6.45, 7) is 17.7. The van der Waals surface area contributed by atoms with Crippen molar-refractivity contribution in [2.75, 3.05) is 13.6 Å². The Bertz CT molecular complexity index is 614. The Morgan fingerprint density at radius 2 is 1.56 bits per heavy atom. The predicted molar refractivity (Wildman–Crippen MR) is 152 cm³/mol. The van der Waals surface area contributed by atoms with E-state index in [9.17, 15) is 4.79 Å². The van der Waals surface area contributed by atoms with Gasteiger partial charge in [0.1, 0.15) is 0 Å². The van der Waals surface area contributed by atoms with Gasteiger partial charge in [0, 0.05) is 5.92 Å². The van der Waals surface area contributed by atoms with E-state index in [0.717, 1.165) is 30.7 Å². The molecule has 34 heavy (non-hydrogen) atoms. The fourth-order valence-electron chi connectivity index (χ4n) is 3.36. The number of hydrogen-bond acceptors (Lipinski definition) is 3. The van der Waals surface area contributed by atoms with Gasteiger partial charge in [0.2, 0.25) is 0 Å². The average Bonchev–Trinajstić information content (AvgIpc) is 2.86. The first-order valence-corrected chi connectivity index (χ1v) is 13.7. The van der Waals surface area contributed by atoms with Crippen molar-refractivity contribution in [3.8, 4) is 0 Å². The van der Waals surface area contributed by atoms with Gasteiger partial charge in [-0.1, -0.05) is 103 Å². The number of amides is 2. The number of unbranched alkanes of at least 4 members (excludes halogenated alkanes) is 2. The van der Waals surface area contributed by atoms with E-state index in [2.05, 4.69) is 62.4 Å². The number of hydrazone groups is 1. The molecular weight excluding hydrogens is 420 g/mol. The summed E-state index contributed by atoms with van der Waals surface area (Å²) in [4.78, 5) is 11.7. The van der Waals surface area contributed by atoms with Crippen LogP contribution in [-0.4, -0.2) is 36.4 Å². The van der Waals surface area contributed by atoms with Crippen LogP contribution in [0, 0.1) is 12.8 Å². The maximum absolute atomic E-state index is 11.7. The summed E-state index contributed by atoms with van der Waals surface area (Å²) in [7, 11) is 1.98. The van der Waals surface area contributed by atoms with E-state index >= 15 is 0 Å². The summed E-state index contributed by atoms with van der Waals surface area (Å²) in [6, 6.07) is 7.86. The fourth-order valence-corrected chi connectivity index (χ4v) is 3.36. The molecule has 1 aromatic carbocycles. The third-order valence-electron chi connectivity index (χ3n) is 5.55. The normalized spacial score (nSPS) is 13.5. The van der Waals surface area contributed by atoms with Crippen LogP contribution in [0.5, 0.6) is 0 Å². The van der Waals surface area contributed by atoms with Crippen LogP contribution >= 0.6 is 0 Å². The third kappa shape index (κ3) is 15.9. The lowest BCUT2D eigenvalue weighted by molar-refractivity contribution is 0.195. The van der Waals surface area contributed by atoms with Crippen LogP contribution in [0.15, 0.2) is 29.4 Å². The largest absolute Gasteiger partial charge is 0.350 e. The van der Waals surface area contributed by atoms with Crippen LogP contribution in [0.2, 0.25) is 0 Å². The van der Waals surface area contributed by atoms with Crippen molar-refractivity contribution in [1.82, 2.24) is 10.3 Å². The molecule has 1 aromatic rings. The molecular formula is C29H56N4O. The van der Waals surface area contributed by atoms with Gasteiger partial charge >= 0.3 is 6.03 Å². The van der Waals surface area contributed by atoms with Crippen LogP contribution in [0.25, 0.3) is 0 Å². The highest BCUT2D eigenvalue weighted by Gasteiger charge is 2.23. The number of aryl methyl sites for hydroxylation is 1. The van der Waals surface area contributed by atoms with E-state index in [1.807, 2.05) is 34.7 Å². The molecule has 2 rings (SSSR count). The second kappa shape index (κ2) is 22.9. The molecule has 3 N–H and O–H groups in total. The molecule has 0 aromatic heterocycles. The van der Waals surface area contributed by atoms with Gasteiger partial charge in [-0.05, 0) is 59.2 Å². The maximum Gasteiger partial charge on any atom is 0.335 e. The summed E-state index contributed by atoms with van der Waals surface area (Å²) >= 11 is 0. The monoisotopic (exact) mass is 476 g/mol. The van der Waals surface area contributed by atoms with E-state index in [1.165, 1.54) is 55.5 Å². The molecule has 0 atom stereocenters. The Kier molecular flexibility index (Phi) is 23.1. The smallest absolute Gasteiger partial charge is 0.335 e. The van der Waals surface area contributed by atoms with E-state index in [4.69, 9.17) is 5.73 Å². The van der Waals surface area contributed by atoms with Crippen molar-refractivity contribution in [2.45, 2.75) is 119 Å². The van der Waals surface area contributed by atoms with E-state index in [-0.39, 0.29) is 6.04 Å². The number of hydrogen-bond donors (Lipinski definition) is 2. The Labute approximate surface area is 212 Å². The Morgan fingerprint density at radius 3 is 1.91 bits per heavy atom. The predicted octanol–water partition coefficient (Wildman–Crippen LogP) is 7.91. The van der Waals surface area contributed by atoms with Crippen LogP contribution < -0.4 is 11.1 Å². The van der Waals surface area contributed by atoms with Crippen molar-refractivity contribution in [2.24, 2.45) is 16.8 Å². The van der Waals surface area contributed by atoms with E-state index in [0.29, 0.717) is 5.92 Å². The molecule has 1 fully saturated rings. The minimum atomic E-state index is -0.490. The van der Waals surface area contributed by atoms with Crippen LogP contribution in [-0.2, 0) is 0 Å². The van der Waals surface area contributed by atoms with Gasteiger partial charge in [0.25, 0.3) is 0 Å². The molecule has 1 aliphatic carbocycles. The van der Waals surface area contributed by atoms with Crippen molar-refractivity contribution in [1.29, 1.82) is 0 Å². The van der Waals surface area contributed by atoms with Gasteiger partial charge in [-0.15, -0.1) is 0 Å². The molecule has 1 saturated carbocycles. The lowest BCUT2D eigenvalue weighted by Crippen LogP contribution is -2.38. The summed E-state index contributed by atoms with van der Waals surface area (Å²) in [6.07, 6.45) is 11.3. The van der Waals surface area contributed by atoms with Gasteiger partial charge in [-0.3, -0.25) is 0 Å². The zero-order valence-electron chi connectivity index (χ0n) is 23.9. The van der Waals surface area contributed by atoms with E-state index < -0.39 is 6.03 Å². The minimum Gasteiger partial charge on any atom is -0.350 e. The first-order chi connectivity index (χ1) is 16.3. The number of primary amides is 1. The second-order valence-corrected chi connectivity index (χ2v) is 8.92. The number of benzene rings is 1. The highest BCUT2D eigenvalue weighted by atomic mass is 16.2. The molecule has 0 unspecified atom stereocenters. The molecule has 0 saturated heterocycles. The molecule has 2 amide bonds. The molecule has 0 aliphatic heterocycles. The first-order valence-electron chi connectivity index (χ1n) is 13.7. The zero-order valence-corrected chi connectivity index (χ0v) is 23.9. The van der Waals surface area contributed by atoms with Crippen molar-refractivity contribution >= 4 is 11.7 Å². The Hall–Kier alpha value is -1.88. The lowest BCUT2D eigenvalue weighted by atomic mass is 9.83. The lowest BCUT2D eigenvalue weighted by Gasteiger charge is -2.27. The highest BCUT2D eigenvalue weighted by Crippen LogP contribution is 2.28. The molecule has 1 aliphatic rings. The first kappa shape index (κ1) is 34.3. The molecule has 5 heteroatoms. The van der Waals surface area contributed by atoms with E-state index in [1.54, 1.807) is 0 Å². The summed E-state index contributed by atoms with van der Waals surface area (Å²) < 4.78 is 0. The van der Waals surface area contributed by atoms with Crippen LogP contribution in [0.1, 0.15) is 117 Å². The van der Waals surface area contributed by atoms with Crippen LogP contribution in [0.3, 0.4) is 0 Å². The molecule has 0 bridgehead atoms. The van der Waals surface area contributed by atoms with Gasteiger partial charge in [0.15, 0.2) is 0 Å². The number of nitrogens with two attached hydrogens (primary N) is 1. The molecule has 198 valence electrons. The third-order valence-corrected chi connectivity index (χ3v) is 5.55. The number of urea groups is 1. The van der Waals surface area contributed by atoms with Crippen molar-refractivity contribution in [3.05, 3.63) is 35.4 Å². The molecule has 5 nitrogen and oxygen atoms in total. The minimum absolute atomic E-state index is 0.0402. The number of rotatable bonds is 8. The maximum atomic E-state index is 11.7. The highest BCUT2D eigenvalue weighted by molar-refractivity contribution is 6.02. The second-order valence-electron chi connectivity index (χ2n) is 8.92. The summed E-state index contributed by atoms with van der Waals surface area (Å²) in [5, 5.41) is 9.15. The standard InChI is InChI=1S/C18H27N3O.C5H13N.C4H10.C2H6/c1-13(2)21(18(19)22)20-17(15-7-5-4-6-8-15)16-11-9-14(3)10-12-16;1-3-4-5-6-2;1-3-4-2;1-2/h9-13,15H,4-8H2,1-3H3,(H2,19,22);6H,3-5H2,1-2H3;3-4H2,1-2H3;1-2H3/b20-17-;;;. The molecule has 0 heterocycles. The molecule has 0 spiro atoms. The van der Waals surface area contributed by atoms with Gasteiger partial charge in [0.05, 0.1) is 11.8 Å². The summed E-state index contributed by atoms with van der Waals surface area (Å²) in [5.41, 5.74) is 8.83. The average molecular weight is 477 g/mol. The van der Waals surface area contributed by atoms with Gasteiger partial charge < -0.3 is 11.1 Å². The zero-order chi connectivity index (χ0) is 26.4. The van der Waals surface area contributed by atoms with Crippen LogP contribution in [0.4, 0.5) is 4.79 Å². The Morgan fingerprint density at radius 1 is 1.03 bits per heavy atom. The quantitative estimate of drug-likeness (QED) is 0.227. The topological polar surface area (TPSA) is 70.7 Å². The summed E-state index contributed by atoms with van der Waals surface area (Å²) in [5.74, 6) is 0.414. The number of nitrogens with zero attached hydrogens (tertiary/aromatic N) is 2.